The number of fused-ring (bicyclic) bond motifs is 1. The normalized spacial score (nSPS) is 26.5. The Morgan fingerprint density at radius 2 is 2.12 bits per heavy atom. The van der Waals surface area contributed by atoms with Gasteiger partial charge in [-0.15, -0.1) is 11.3 Å². The average molecular weight is 268 g/mol. The third kappa shape index (κ3) is 2.54. The average Bonchev–Trinajstić information content (AvgIpc) is 2.82. The Kier molecular flexibility index (Phi) is 3.73. The fourth-order valence-electron chi connectivity index (χ4n) is 2.77. The standard InChI is InChI=1S/C13H20N2S2/c14-12(9-4-3-7-16-8-9)13-15-10-5-1-2-6-11(10)17-13/h9,12H,1-8,14H2. The molecule has 1 aliphatic carbocycles. The van der Waals surface area contributed by atoms with E-state index < -0.39 is 0 Å². The lowest BCUT2D eigenvalue weighted by atomic mass is 9.97. The van der Waals surface area contributed by atoms with Crippen molar-refractivity contribution in [3.05, 3.63) is 15.6 Å². The number of aromatic nitrogens is 1. The van der Waals surface area contributed by atoms with Gasteiger partial charge in [0.15, 0.2) is 0 Å². The third-order valence-corrected chi connectivity index (χ3v) is 6.35. The summed E-state index contributed by atoms with van der Waals surface area (Å²) in [6.07, 6.45) is 7.68. The molecule has 2 unspecified atom stereocenters. The van der Waals surface area contributed by atoms with Gasteiger partial charge in [-0.3, -0.25) is 0 Å². The minimum absolute atomic E-state index is 0.193. The predicted octanol–water partition coefficient (Wildman–Crippen LogP) is 3.16. The topological polar surface area (TPSA) is 38.9 Å². The minimum Gasteiger partial charge on any atom is -0.322 e. The van der Waals surface area contributed by atoms with Crippen LogP contribution in [0.3, 0.4) is 0 Å². The van der Waals surface area contributed by atoms with Crippen molar-refractivity contribution >= 4 is 23.1 Å². The molecule has 0 spiro atoms. The molecule has 0 amide bonds. The highest BCUT2D eigenvalue weighted by Crippen LogP contribution is 2.35. The van der Waals surface area contributed by atoms with E-state index in [0.717, 1.165) is 0 Å². The monoisotopic (exact) mass is 268 g/mol. The van der Waals surface area contributed by atoms with Crippen LogP contribution in [0.15, 0.2) is 0 Å². The highest BCUT2D eigenvalue weighted by Gasteiger charge is 2.26. The summed E-state index contributed by atoms with van der Waals surface area (Å²) < 4.78 is 0. The van der Waals surface area contributed by atoms with Crippen LogP contribution in [-0.2, 0) is 12.8 Å². The first-order chi connectivity index (χ1) is 8.34. The van der Waals surface area contributed by atoms with Crippen LogP contribution in [0.5, 0.6) is 0 Å². The molecule has 2 N–H and O–H groups in total. The number of rotatable bonds is 2. The first kappa shape index (κ1) is 12.0. The first-order valence-electron chi connectivity index (χ1n) is 6.66. The Labute approximate surface area is 111 Å². The highest BCUT2D eigenvalue weighted by atomic mass is 32.2. The first-order valence-corrected chi connectivity index (χ1v) is 8.63. The molecule has 1 fully saturated rings. The summed E-state index contributed by atoms with van der Waals surface area (Å²) >= 11 is 3.95. The number of thioether (sulfide) groups is 1. The van der Waals surface area contributed by atoms with E-state index in [1.807, 2.05) is 11.3 Å². The molecule has 4 heteroatoms. The van der Waals surface area contributed by atoms with E-state index in [4.69, 9.17) is 10.7 Å². The molecule has 0 bridgehead atoms. The molecule has 0 aromatic carbocycles. The van der Waals surface area contributed by atoms with E-state index in [1.54, 1.807) is 0 Å². The molecule has 2 atom stereocenters. The molecule has 3 rings (SSSR count). The van der Waals surface area contributed by atoms with Gasteiger partial charge >= 0.3 is 0 Å². The maximum atomic E-state index is 6.42. The van der Waals surface area contributed by atoms with Gasteiger partial charge in [-0.05, 0) is 55.9 Å². The Balaban J connectivity index is 1.76. The smallest absolute Gasteiger partial charge is 0.110 e. The Morgan fingerprint density at radius 1 is 1.24 bits per heavy atom. The number of hydrogen-bond donors (Lipinski definition) is 1. The van der Waals surface area contributed by atoms with Gasteiger partial charge in [-0.25, -0.2) is 4.98 Å². The van der Waals surface area contributed by atoms with Crippen molar-refractivity contribution < 1.29 is 0 Å². The quantitative estimate of drug-likeness (QED) is 0.895. The molecule has 2 heterocycles. The number of hydrogen-bond acceptors (Lipinski definition) is 4. The van der Waals surface area contributed by atoms with E-state index >= 15 is 0 Å². The summed E-state index contributed by atoms with van der Waals surface area (Å²) in [5.74, 6) is 3.20. The third-order valence-electron chi connectivity index (χ3n) is 3.85. The lowest BCUT2D eigenvalue weighted by Crippen LogP contribution is -2.25. The molecule has 1 aromatic heterocycles. The molecular formula is C13H20N2S2. The van der Waals surface area contributed by atoms with Crippen molar-refractivity contribution in [3.8, 4) is 0 Å². The van der Waals surface area contributed by atoms with Crippen molar-refractivity contribution in [1.29, 1.82) is 0 Å². The zero-order chi connectivity index (χ0) is 11.7. The highest BCUT2D eigenvalue weighted by molar-refractivity contribution is 7.99. The van der Waals surface area contributed by atoms with Gasteiger partial charge in [0.1, 0.15) is 5.01 Å². The molecule has 0 saturated carbocycles. The SMILES string of the molecule is NC(c1nc2c(s1)CCCC2)C1CCCSC1. The van der Waals surface area contributed by atoms with E-state index in [1.165, 1.54) is 65.6 Å². The van der Waals surface area contributed by atoms with Gasteiger partial charge in [0.2, 0.25) is 0 Å². The minimum atomic E-state index is 0.193. The van der Waals surface area contributed by atoms with Crippen LogP contribution in [0.1, 0.15) is 47.3 Å². The summed E-state index contributed by atoms with van der Waals surface area (Å²) in [6.45, 7) is 0. The number of nitrogens with two attached hydrogens (primary N) is 1. The van der Waals surface area contributed by atoms with Crippen LogP contribution >= 0.6 is 23.1 Å². The molecule has 17 heavy (non-hydrogen) atoms. The number of aryl methyl sites for hydroxylation is 2. The molecule has 2 nitrogen and oxygen atoms in total. The molecule has 1 aromatic rings. The van der Waals surface area contributed by atoms with Crippen molar-refractivity contribution in [3.63, 3.8) is 0 Å². The second-order valence-electron chi connectivity index (χ2n) is 5.13. The zero-order valence-electron chi connectivity index (χ0n) is 10.2. The van der Waals surface area contributed by atoms with Gasteiger partial charge in [0, 0.05) is 4.88 Å². The summed E-state index contributed by atoms with van der Waals surface area (Å²) in [5.41, 5.74) is 7.77. The van der Waals surface area contributed by atoms with Crippen molar-refractivity contribution in [2.75, 3.05) is 11.5 Å². The Hall–Kier alpha value is -0.0600. The molecule has 2 aliphatic rings. The fourth-order valence-corrected chi connectivity index (χ4v) is 5.23. The number of thiazole rings is 1. The predicted molar refractivity (Wildman–Crippen MR) is 75.7 cm³/mol. The maximum absolute atomic E-state index is 6.42. The fraction of sp³-hybridized carbons (Fsp3) is 0.769. The maximum Gasteiger partial charge on any atom is 0.110 e. The van der Waals surface area contributed by atoms with Crippen LogP contribution in [0.25, 0.3) is 0 Å². The van der Waals surface area contributed by atoms with Crippen molar-refractivity contribution in [2.45, 2.75) is 44.6 Å². The van der Waals surface area contributed by atoms with Crippen LogP contribution in [0.2, 0.25) is 0 Å². The van der Waals surface area contributed by atoms with Gasteiger partial charge in [0.05, 0.1) is 11.7 Å². The molecule has 1 saturated heterocycles. The summed E-state index contributed by atoms with van der Waals surface area (Å²) in [6, 6.07) is 0.193. The Morgan fingerprint density at radius 3 is 2.88 bits per heavy atom. The van der Waals surface area contributed by atoms with E-state index in [0.29, 0.717) is 5.92 Å². The Bertz CT molecular complexity index is 359. The van der Waals surface area contributed by atoms with Crippen molar-refractivity contribution in [1.82, 2.24) is 4.98 Å². The molecule has 94 valence electrons. The lowest BCUT2D eigenvalue weighted by molar-refractivity contribution is 0.432. The van der Waals surface area contributed by atoms with Gasteiger partial charge in [-0.2, -0.15) is 11.8 Å². The molecule has 0 radical (unpaired) electrons. The largest absolute Gasteiger partial charge is 0.322 e. The molecular weight excluding hydrogens is 248 g/mol. The van der Waals surface area contributed by atoms with E-state index in [-0.39, 0.29) is 6.04 Å². The van der Waals surface area contributed by atoms with Crippen LogP contribution in [0, 0.1) is 5.92 Å². The summed E-state index contributed by atoms with van der Waals surface area (Å²) in [5, 5.41) is 1.21. The van der Waals surface area contributed by atoms with E-state index in [2.05, 4.69) is 11.8 Å². The second kappa shape index (κ2) is 5.29. The van der Waals surface area contributed by atoms with Crippen molar-refractivity contribution in [2.24, 2.45) is 11.7 Å². The van der Waals surface area contributed by atoms with Crippen LogP contribution in [0.4, 0.5) is 0 Å². The summed E-state index contributed by atoms with van der Waals surface area (Å²) in [7, 11) is 0. The second-order valence-corrected chi connectivity index (χ2v) is 7.40. The van der Waals surface area contributed by atoms with Gasteiger partial charge in [0.25, 0.3) is 0 Å². The zero-order valence-corrected chi connectivity index (χ0v) is 11.8. The van der Waals surface area contributed by atoms with E-state index in [9.17, 15) is 0 Å². The number of nitrogens with zero attached hydrogens (tertiary/aromatic N) is 1. The summed E-state index contributed by atoms with van der Waals surface area (Å²) in [4.78, 5) is 6.33. The van der Waals surface area contributed by atoms with Crippen LogP contribution < -0.4 is 5.73 Å². The van der Waals surface area contributed by atoms with Gasteiger partial charge in [-0.1, -0.05) is 0 Å². The molecule has 1 aliphatic heterocycles. The van der Waals surface area contributed by atoms with Gasteiger partial charge < -0.3 is 5.73 Å². The van der Waals surface area contributed by atoms with Crippen LogP contribution in [-0.4, -0.2) is 16.5 Å². The lowest BCUT2D eigenvalue weighted by Gasteiger charge is -2.25.